The van der Waals surface area contributed by atoms with Crippen LogP contribution in [0.1, 0.15) is 24.2 Å². The zero-order chi connectivity index (χ0) is 13.8. The van der Waals surface area contributed by atoms with Crippen LogP contribution in [0.5, 0.6) is 0 Å². The third-order valence-electron chi connectivity index (χ3n) is 3.12. The maximum Gasteiger partial charge on any atom is 0.138 e. The lowest BCUT2D eigenvalue weighted by Gasteiger charge is -2.05. The van der Waals surface area contributed by atoms with Crippen molar-refractivity contribution in [3.63, 3.8) is 0 Å². The highest BCUT2D eigenvalue weighted by molar-refractivity contribution is 7.98. The number of rotatable bonds is 6. The minimum absolute atomic E-state index is 0.713. The molecule has 1 aromatic carbocycles. The Labute approximate surface area is 128 Å². The fourth-order valence-electron chi connectivity index (χ4n) is 1.80. The van der Waals surface area contributed by atoms with Crippen molar-refractivity contribution in [3.05, 3.63) is 53.1 Å². The second-order valence-corrected chi connectivity index (χ2v) is 6.31. The van der Waals surface area contributed by atoms with Gasteiger partial charge in [0.1, 0.15) is 5.82 Å². The first-order valence-corrected chi connectivity index (χ1v) is 8.08. The third-order valence-corrected chi connectivity index (χ3v) is 4.64. The molecule has 0 spiro atoms. The zero-order valence-electron chi connectivity index (χ0n) is 11.1. The Morgan fingerprint density at radius 3 is 2.65 bits per heavy atom. The summed E-state index contributed by atoms with van der Waals surface area (Å²) >= 11 is 7.78. The van der Waals surface area contributed by atoms with Crippen LogP contribution in [-0.4, -0.2) is 16.0 Å². The summed E-state index contributed by atoms with van der Waals surface area (Å²) in [7, 11) is 0. The Balaban J connectivity index is 1.53. The van der Waals surface area contributed by atoms with Gasteiger partial charge in [-0.25, -0.2) is 9.97 Å². The van der Waals surface area contributed by atoms with Crippen LogP contribution in [0.15, 0.2) is 41.6 Å². The Morgan fingerprint density at radius 2 is 1.95 bits per heavy atom. The molecule has 104 valence electrons. The lowest BCUT2D eigenvalue weighted by Crippen LogP contribution is -2.15. The highest BCUT2D eigenvalue weighted by atomic mass is 35.5. The quantitative estimate of drug-likeness (QED) is 0.826. The monoisotopic (exact) mass is 305 g/mol. The van der Waals surface area contributed by atoms with Crippen molar-refractivity contribution >= 4 is 23.4 Å². The molecule has 1 aliphatic carbocycles. The average Bonchev–Trinajstić information content (AvgIpc) is 3.30. The van der Waals surface area contributed by atoms with Crippen molar-refractivity contribution in [2.75, 3.05) is 0 Å². The summed E-state index contributed by atoms with van der Waals surface area (Å²) in [5.74, 6) is 1.57. The zero-order valence-corrected chi connectivity index (χ0v) is 12.6. The molecule has 0 atom stereocenters. The average molecular weight is 306 g/mol. The molecule has 1 saturated carbocycles. The van der Waals surface area contributed by atoms with Crippen LogP contribution in [0, 0.1) is 0 Å². The molecule has 0 radical (unpaired) electrons. The lowest BCUT2D eigenvalue weighted by atomic mass is 10.3. The number of halogens is 1. The van der Waals surface area contributed by atoms with Crippen LogP contribution in [-0.2, 0) is 12.3 Å². The topological polar surface area (TPSA) is 37.8 Å². The molecule has 0 bridgehead atoms. The largest absolute Gasteiger partial charge is 0.310 e. The molecule has 1 aromatic heterocycles. The Morgan fingerprint density at radius 1 is 1.20 bits per heavy atom. The van der Waals surface area contributed by atoms with E-state index in [0.717, 1.165) is 33.6 Å². The summed E-state index contributed by atoms with van der Waals surface area (Å²) in [5.41, 5.74) is 1.14. The van der Waals surface area contributed by atoms with E-state index < -0.39 is 0 Å². The highest BCUT2D eigenvalue weighted by Gasteiger charge is 2.19. The number of benzene rings is 1. The van der Waals surface area contributed by atoms with E-state index >= 15 is 0 Å². The van der Waals surface area contributed by atoms with Crippen LogP contribution in [0.4, 0.5) is 0 Å². The van der Waals surface area contributed by atoms with Gasteiger partial charge >= 0.3 is 0 Å². The normalized spacial score (nSPS) is 14.4. The van der Waals surface area contributed by atoms with Crippen LogP contribution >= 0.6 is 23.4 Å². The van der Waals surface area contributed by atoms with Gasteiger partial charge in [-0.05, 0) is 25.0 Å². The first kappa shape index (κ1) is 13.9. The van der Waals surface area contributed by atoms with Gasteiger partial charge in [-0.3, -0.25) is 0 Å². The van der Waals surface area contributed by atoms with E-state index in [1.54, 1.807) is 11.8 Å². The fourth-order valence-corrected chi connectivity index (χ4v) is 2.91. The Bertz CT molecular complexity index is 570. The van der Waals surface area contributed by atoms with Crippen LogP contribution in [0.25, 0.3) is 0 Å². The van der Waals surface area contributed by atoms with E-state index in [4.69, 9.17) is 11.6 Å². The van der Waals surface area contributed by atoms with E-state index in [1.807, 2.05) is 36.7 Å². The molecule has 5 heteroatoms. The lowest BCUT2D eigenvalue weighted by molar-refractivity contribution is 0.682. The predicted molar refractivity (Wildman–Crippen MR) is 82.9 cm³/mol. The van der Waals surface area contributed by atoms with Gasteiger partial charge in [-0.1, -0.05) is 23.7 Å². The van der Waals surface area contributed by atoms with Crippen molar-refractivity contribution < 1.29 is 0 Å². The van der Waals surface area contributed by atoms with Gasteiger partial charge in [0.05, 0.1) is 10.8 Å². The maximum absolute atomic E-state index is 6.12. The number of hydrogen-bond donors (Lipinski definition) is 1. The molecular formula is C15H16ClN3S. The third kappa shape index (κ3) is 3.95. The molecule has 0 amide bonds. The predicted octanol–water partition coefficient (Wildman–Crippen LogP) is 3.67. The minimum atomic E-state index is 0.713. The Kier molecular flexibility index (Phi) is 4.55. The molecule has 0 unspecified atom stereocenters. The summed E-state index contributed by atoms with van der Waals surface area (Å²) < 4.78 is 0. The molecule has 20 heavy (non-hydrogen) atoms. The summed E-state index contributed by atoms with van der Waals surface area (Å²) in [6.07, 6.45) is 6.41. The summed E-state index contributed by atoms with van der Waals surface area (Å²) in [6.45, 7) is 0.864. The van der Waals surface area contributed by atoms with E-state index in [-0.39, 0.29) is 0 Å². The van der Waals surface area contributed by atoms with Gasteiger partial charge in [0.15, 0.2) is 0 Å². The van der Waals surface area contributed by atoms with Crippen molar-refractivity contribution in [1.29, 1.82) is 0 Å². The first-order chi connectivity index (χ1) is 9.81. The molecule has 1 fully saturated rings. The van der Waals surface area contributed by atoms with Gasteiger partial charge in [0, 0.05) is 35.4 Å². The molecule has 3 nitrogen and oxygen atoms in total. The second-order valence-electron chi connectivity index (χ2n) is 4.88. The van der Waals surface area contributed by atoms with E-state index in [2.05, 4.69) is 15.3 Å². The number of thioether (sulfide) groups is 1. The van der Waals surface area contributed by atoms with E-state index in [0.29, 0.717) is 6.04 Å². The molecule has 1 N–H and O–H groups in total. The number of nitrogens with zero attached hydrogens (tertiary/aromatic N) is 2. The maximum atomic E-state index is 6.12. The standard InChI is InChI=1S/C15H16ClN3S/c16-13-3-1-2-4-14(13)20-10-15-18-8-11(9-19-15)7-17-12-5-6-12/h1-4,8-9,12,17H,5-7,10H2. The number of nitrogens with one attached hydrogen (secondary N) is 1. The number of aromatic nitrogens is 2. The first-order valence-electron chi connectivity index (χ1n) is 6.72. The van der Waals surface area contributed by atoms with Crippen LogP contribution in [0.2, 0.25) is 5.02 Å². The minimum Gasteiger partial charge on any atom is -0.310 e. The summed E-state index contributed by atoms with van der Waals surface area (Å²) in [6, 6.07) is 8.55. The van der Waals surface area contributed by atoms with Gasteiger partial charge in [0.2, 0.25) is 0 Å². The smallest absolute Gasteiger partial charge is 0.138 e. The molecule has 2 aromatic rings. The number of hydrogen-bond acceptors (Lipinski definition) is 4. The fraction of sp³-hybridized carbons (Fsp3) is 0.333. The van der Waals surface area contributed by atoms with Crippen molar-refractivity contribution in [2.24, 2.45) is 0 Å². The molecule has 1 heterocycles. The van der Waals surface area contributed by atoms with Gasteiger partial charge in [-0.2, -0.15) is 0 Å². The van der Waals surface area contributed by atoms with Crippen molar-refractivity contribution in [3.8, 4) is 0 Å². The summed E-state index contributed by atoms with van der Waals surface area (Å²) in [4.78, 5) is 9.88. The van der Waals surface area contributed by atoms with Crippen molar-refractivity contribution in [2.45, 2.75) is 36.1 Å². The molecule has 0 aliphatic heterocycles. The van der Waals surface area contributed by atoms with Gasteiger partial charge < -0.3 is 5.32 Å². The van der Waals surface area contributed by atoms with E-state index in [1.165, 1.54) is 12.8 Å². The van der Waals surface area contributed by atoms with Crippen LogP contribution in [0.3, 0.4) is 0 Å². The second kappa shape index (κ2) is 6.57. The van der Waals surface area contributed by atoms with E-state index in [9.17, 15) is 0 Å². The van der Waals surface area contributed by atoms with Crippen LogP contribution < -0.4 is 5.32 Å². The summed E-state index contributed by atoms with van der Waals surface area (Å²) in [5, 5.41) is 4.24. The Hall–Kier alpha value is -1.10. The SMILES string of the molecule is Clc1ccccc1SCc1ncc(CNC2CC2)cn1. The molecule has 3 rings (SSSR count). The molecule has 0 saturated heterocycles. The van der Waals surface area contributed by atoms with Crippen molar-refractivity contribution in [1.82, 2.24) is 15.3 Å². The van der Waals surface area contributed by atoms with Gasteiger partial charge in [0.25, 0.3) is 0 Å². The molecular weight excluding hydrogens is 290 g/mol. The molecule has 1 aliphatic rings. The van der Waals surface area contributed by atoms with Gasteiger partial charge in [-0.15, -0.1) is 11.8 Å². The highest BCUT2D eigenvalue weighted by Crippen LogP contribution is 2.28.